The lowest BCUT2D eigenvalue weighted by atomic mass is 10.2. The molecule has 6 heteroatoms. The number of hydrogen-bond donors (Lipinski definition) is 1. The second kappa shape index (κ2) is 4.68. The van der Waals surface area contributed by atoms with Crippen LogP contribution in [0.25, 0.3) is 0 Å². The molecule has 0 bridgehead atoms. The molecule has 1 aromatic heterocycles. The third-order valence-electron chi connectivity index (χ3n) is 3.17. The Morgan fingerprint density at radius 2 is 2.24 bits per heavy atom. The monoisotopic (exact) mass is 247 g/mol. The van der Waals surface area contributed by atoms with Gasteiger partial charge in [0.05, 0.1) is 6.04 Å². The number of aromatic nitrogens is 2. The zero-order chi connectivity index (χ0) is 12.5. The standard InChI is InChI=1S/C11H16F3N3/c1-2-15-8-3-4-9(7-8)17-6-5-10(16-17)11(12,13)14/h5-6,8-9,15H,2-4,7H2,1H3. The van der Waals surface area contributed by atoms with Crippen LogP contribution in [0.5, 0.6) is 0 Å². The number of rotatable bonds is 3. The van der Waals surface area contributed by atoms with Crippen molar-refractivity contribution in [1.29, 1.82) is 0 Å². The van der Waals surface area contributed by atoms with E-state index in [1.165, 1.54) is 10.9 Å². The Labute approximate surface area is 98.0 Å². The van der Waals surface area contributed by atoms with Crippen LogP contribution >= 0.6 is 0 Å². The zero-order valence-electron chi connectivity index (χ0n) is 9.67. The molecule has 2 unspecified atom stereocenters. The van der Waals surface area contributed by atoms with E-state index in [0.29, 0.717) is 6.04 Å². The molecular formula is C11H16F3N3. The number of hydrogen-bond acceptors (Lipinski definition) is 2. The highest BCUT2D eigenvalue weighted by molar-refractivity contribution is 5.04. The van der Waals surface area contributed by atoms with Gasteiger partial charge in [0.15, 0.2) is 5.69 Å². The van der Waals surface area contributed by atoms with Gasteiger partial charge in [-0.3, -0.25) is 4.68 Å². The van der Waals surface area contributed by atoms with E-state index in [-0.39, 0.29) is 6.04 Å². The van der Waals surface area contributed by atoms with Crippen molar-refractivity contribution in [2.75, 3.05) is 6.54 Å². The molecule has 0 saturated heterocycles. The summed E-state index contributed by atoms with van der Waals surface area (Å²) in [6, 6.07) is 1.54. The molecule has 0 amide bonds. The van der Waals surface area contributed by atoms with Gasteiger partial charge in [-0.05, 0) is 31.9 Å². The van der Waals surface area contributed by atoms with E-state index >= 15 is 0 Å². The molecule has 17 heavy (non-hydrogen) atoms. The van der Waals surface area contributed by atoms with Gasteiger partial charge in [-0.15, -0.1) is 0 Å². The Bertz CT molecular complexity index is 372. The van der Waals surface area contributed by atoms with Crippen molar-refractivity contribution in [3.8, 4) is 0 Å². The maximum absolute atomic E-state index is 12.4. The summed E-state index contributed by atoms with van der Waals surface area (Å²) in [4.78, 5) is 0. The minimum atomic E-state index is -4.34. The van der Waals surface area contributed by atoms with Crippen molar-refractivity contribution in [2.45, 2.75) is 44.4 Å². The van der Waals surface area contributed by atoms with Crippen LogP contribution in [0, 0.1) is 0 Å². The Morgan fingerprint density at radius 3 is 2.82 bits per heavy atom. The van der Waals surface area contributed by atoms with Crippen molar-refractivity contribution >= 4 is 0 Å². The molecule has 0 spiro atoms. The first-order valence-electron chi connectivity index (χ1n) is 5.86. The Hall–Kier alpha value is -1.04. The molecule has 1 heterocycles. The molecular weight excluding hydrogens is 231 g/mol. The van der Waals surface area contributed by atoms with Crippen molar-refractivity contribution in [3.63, 3.8) is 0 Å². The van der Waals surface area contributed by atoms with Crippen molar-refractivity contribution in [3.05, 3.63) is 18.0 Å². The molecule has 1 N–H and O–H groups in total. The van der Waals surface area contributed by atoms with E-state index in [1.807, 2.05) is 6.92 Å². The predicted octanol–water partition coefficient (Wildman–Crippen LogP) is 2.61. The van der Waals surface area contributed by atoms with Gasteiger partial charge in [-0.25, -0.2) is 0 Å². The van der Waals surface area contributed by atoms with Gasteiger partial charge in [0, 0.05) is 12.2 Å². The lowest BCUT2D eigenvalue weighted by Gasteiger charge is -2.12. The topological polar surface area (TPSA) is 29.9 Å². The SMILES string of the molecule is CCNC1CCC(n2ccc(C(F)(F)F)n2)C1. The highest BCUT2D eigenvalue weighted by Gasteiger charge is 2.35. The number of nitrogens with one attached hydrogen (secondary N) is 1. The number of halogens is 3. The van der Waals surface area contributed by atoms with Crippen LogP contribution in [0.2, 0.25) is 0 Å². The number of nitrogens with zero attached hydrogens (tertiary/aromatic N) is 2. The summed E-state index contributed by atoms with van der Waals surface area (Å²) in [6.45, 7) is 2.92. The van der Waals surface area contributed by atoms with E-state index in [4.69, 9.17) is 0 Å². The largest absolute Gasteiger partial charge is 0.435 e. The van der Waals surface area contributed by atoms with Gasteiger partial charge < -0.3 is 5.32 Å². The first-order valence-corrected chi connectivity index (χ1v) is 5.86. The van der Waals surface area contributed by atoms with Crippen LogP contribution in [-0.4, -0.2) is 22.4 Å². The van der Waals surface area contributed by atoms with Gasteiger partial charge in [0.1, 0.15) is 0 Å². The van der Waals surface area contributed by atoms with Gasteiger partial charge in [0.25, 0.3) is 0 Å². The quantitative estimate of drug-likeness (QED) is 0.889. The fourth-order valence-electron chi connectivity index (χ4n) is 2.36. The third-order valence-corrected chi connectivity index (χ3v) is 3.17. The zero-order valence-corrected chi connectivity index (χ0v) is 9.67. The van der Waals surface area contributed by atoms with E-state index in [1.54, 1.807) is 0 Å². The molecule has 2 atom stereocenters. The van der Waals surface area contributed by atoms with E-state index < -0.39 is 11.9 Å². The summed E-state index contributed by atoms with van der Waals surface area (Å²) in [5.74, 6) is 0. The fraction of sp³-hybridized carbons (Fsp3) is 0.727. The van der Waals surface area contributed by atoms with Crippen molar-refractivity contribution in [1.82, 2.24) is 15.1 Å². The lowest BCUT2D eigenvalue weighted by molar-refractivity contribution is -0.141. The van der Waals surface area contributed by atoms with Gasteiger partial charge in [0.2, 0.25) is 0 Å². The molecule has 0 aromatic carbocycles. The summed E-state index contributed by atoms with van der Waals surface area (Å²) >= 11 is 0. The van der Waals surface area contributed by atoms with Gasteiger partial charge in [-0.2, -0.15) is 18.3 Å². The number of alkyl halides is 3. The Balaban J connectivity index is 2.02. The minimum absolute atomic E-state index is 0.0927. The summed E-state index contributed by atoms with van der Waals surface area (Å²) in [7, 11) is 0. The molecule has 1 aliphatic carbocycles. The molecule has 1 aromatic rings. The first kappa shape index (κ1) is 12.4. The molecule has 2 rings (SSSR count). The fourth-order valence-corrected chi connectivity index (χ4v) is 2.36. The van der Waals surface area contributed by atoms with Crippen LogP contribution in [0.4, 0.5) is 13.2 Å². The van der Waals surface area contributed by atoms with E-state index in [9.17, 15) is 13.2 Å². The van der Waals surface area contributed by atoms with E-state index in [2.05, 4.69) is 10.4 Å². The molecule has 1 fully saturated rings. The van der Waals surface area contributed by atoms with Crippen molar-refractivity contribution < 1.29 is 13.2 Å². The highest BCUT2D eigenvalue weighted by atomic mass is 19.4. The minimum Gasteiger partial charge on any atom is -0.314 e. The maximum Gasteiger partial charge on any atom is 0.435 e. The smallest absolute Gasteiger partial charge is 0.314 e. The Morgan fingerprint density at radius 1 is 1.47 bits per heavy atom. The molecule has 1 saturated carbocycles. The summed E-state index contributed by atoms with van der Waals surface area (Å²) in [5.41, 5.74) is -0.801. The van der Waals surface area contributed by atoms with Crippen LogP contribution in [0.3, 0.4) is 0 Å². The average molecular weight is 247 g/mol. The summed E-state index contributed by atoms with van der Waals surface area (Å²) in [5, 5.41) is 6.94. The maximum atomic E-state index is 12.4. The second-order valence-corrected chi connectivity index (χ2v) is 4.40. The Kier molecular flexibility index (Phi) is 3.42. The first-order chi connectivity index (χ1) is 8.00. The second-order valence-electron chi connectivity index (χ2n) is 4.40. The van der Waals surface area contributed by atoms with Crippen LogP contribution in [0.15, 0.2) is 12.3 Å². The molecule has 1 aliphatic rings. The van der Waals surface area contributed by atoms with Gasteiger partial charge >= 0.3 is 6.18 Å². The summed E-state index contributed by atoms with van der Waals surface area (Å²) < 4.78 is 38.7. The molecule has 3 nitrogen and oxygen atoms in total. The molecule has 96 valence electrons. The predicted molar refractivity (Wildman–Crippen MR) is 57.6 cm³/mol. The van der Waals surface area contributed by atoms with Gasteiger partial charge in [-0.1, -0.05) is 6.92 Å². The molecule has 0 aliphatic heterocycles. The van der Waals surface area contributed by atoms with E-state index in [0.717, 1.165) is 31.9 Å². The normalized spacial score (nSPS) is 25.4. The summed E-state index contributed by atoms with van der Waals surface area (Å²) in [6.07, 6.45) is -0.171. The highest BCUT2D eigenvalue weighted by Crippen LogP contribution is 2.32. The average Bonchev–Trinajstić information content (AvgIpc) is 2.82. The van der Waals surface area contributed by atoms with Crippen LogP contribution in [0.1, 0.15) is 37.9 Å². The van der Waals surface area contributed by atoms with Crippen LogP contribution < -0.4 is 5.32 Å². The van der Waals surface area contributed by atoms with Crippen molar-refractivity contribution in [2.24, 2.45) is 0 Å². The lowest BCUT2D eigenvalue weighted by Crippen LogP contribution is -2.26. The third kappa shape index (κ3) is 2.80. The molecule has 0 radical (unpaired) electrons. The van der Waals surface area contributed by atoms with Crippen LogP contribution in [-0.2, 0) is 6.18 Å².